The van der Waals surface area contributed by atoms with Crippen LogP contribution < -0.4 is 5.32 Å². The molecule has 1 heterocycles. The Hall–Kier alpha value is -2.04. The Balaban J connectivity index is 1.98. The quantitative estimate of drug-likeness (QED) is 0.682. The monoisotopic (exact) mass is 302 g/mol. The molecule has 5 nitrogen and oxygen atoms in total. The van der Waals surface area contributed by atoms with Crippen LogP contribution in [0.15, 0.2) is 29.3 Å². The van der Waals surface area contributed by atoms with E-state index in [4.69, 9.17) is 4.99 Å². The van der Waals surface area contributed by atoms with Crippen molar-refractivity contribution in [2.75, 3.05) is 32.7 Å². The maximum absolute atomic E-state index is 11.4. The van der Waals surface area contributed by atoms with Gasteiger partial charge in [-0.2, -0.15) is 0 Å². The summed E-state index contributed by atoms with van der Waals surface area (Å²) in [7, 11) is 0. The van der Waals surface area contributed by atoms with Gasteiger partial charge in [0.25, 0.3) is 0 Å². The summed E-state index contributed by atoms with van der Waals surface area (Å²) in [5, 5.41) is 3.35. The maximum Gasteiger partial charge on any atom is 0.219 e. The number of hydrogen-bond donors (Lipinski definition) is 1. The van der Waals surface area contributed by atoms with Crippen LogP contribution in [-0.4, -0.2) is 54.4 Å². The van der Waals surface area contributed by atoms with Crippen molar-refractivity contribution < 1.29 is 4.79 Å². The lowest BCUT2D eigenvalue weighted by molar-refractivity contribution is -0.130. The van der Waals surface area contributed by atoms with Gasteiger partial charge in [-0.15, -0.1) is 0 Å². The van der Waals surface area contributed by atoms with E-state index in [1.807, 2.05) is 4.90 Å². The maximum atomic E-state index is 11.4. The van der Waals surface area contributed by atoms with Crippen LogP contribution in [0.3, 0.4) is 0 Å². The first-order chi connectivity index (χ1) is 10.6. The number of nitrogens with zero attached hydrogens (tertiary/aromatic N) is 3. The molecule has 120 valence electrons. The van der Waals surface area contributed by atoms with E-state index in [1.165, 1.54) is 11.1 Å². The third-order valence-electron chi connectivity index (χ3n) is 3.89. The highest BCUT2D eigenvalue weighted by Gasteiger charge is 2.20. The van der Waals surface area contributed by atoms with Crippen LogP contribution in [0.25, 0.3) is 0 Å². The fraction of sp³-hybridized carbons (Fsp3) is 0.529. The van der Waals surface area contributed by atoms with Crippen molar-refractivity contribution in [1.82, 2.24) is 15.1 Å². The molecule has 1 aromatic carbocycles. The van der Waals surface area contributed by atoms with Gasteiger partial charge in [-0.1, -0.05) is 29.8 Å². The second-order valence-electron chi connectivity index (χ2n) is 5.65. The highest BCUT2D eigenvalue weighted by molar-refractivity contribution is 5.80. The topological polar surface area (TPSA) is 47.9 Å². The molecule has 0 bridgehead atoms. The van der Waals surface area contributed by atoms with Gasteiger partial charge >= 0.3 is 0 Å². The molecule has 0 radical (unpaired) electrons. The Bertz CT molecular complexity index is 516. The number of carbonyl (C=O) groups excluding carboxylic acids is 1. The summed E-state index contributed by atoms with van der Waals surface area (Å²) in [6.07, 6.45) is 0. The second kappa shape index (κ2) is 7.82. The molecule has 1 fully saturated rings. The summed E-state index contributed by atoms with van der Waals surface area (Å²) >= 11 is 0. The number of carbonyl (C=O) groups is 1. The molecule has 0 unspecified atom stereocenters. The smallest absolute Gasteiger partial charge is 0.219 e. The van der Waals surface area contributed by atoms with Gasteiger partial charge in [0.2, 0.25) is 5.91 Å². The van der Waals surface area contributed by atoms with Gasteiger partial charge in [0.1, 0.15) is 0 Å². The van der Waals surface area contributed by atoms with E-state index in [1.54, 1.807) is 6.92 Å². The van der Waals surface area contributed by atoms with Crippen molar-refractivity contribution in [3.63, 3.8) is 0 Å². The average molecular weight is 302 g/mol. The molecule has 1 amide bonds. The first kappa shape index (κ1) is 16.3. The van der Waals surface area contributed by atoms with Gasteiger partial charge in [-0.05, 0) is 19.4 Å². The number of aryl methyl sites for hydroxylation is 1. The van der Waals surface area contributed by atoms with Gasteiger partial charge in [-0.3, -0.25) is 4.79 Å². The van der Waals surface area contributed by atoms with E-state index in [9.17, 15) is 4.79 Å². The van der Waals surface area contributed by atoms with Crippen molar-refractivity contribution in [2.24, 2.45) is 4.99 Å². The normalized spacial score (nSPS) is 15.9. The lowest BCUT2D eigenvalue weighted by Crippen LogP contribution is -2.53. The fourth-order valence-electron chi connectivity index (χ4n) is 2.52. The summed E-state index contributed by atoms with van der Waals surface area (Å²) in [6, 6.07) is 8.47. The summed E-state index contributed by atoms with van der Waals surface area (Å²) in [5.74, 6) is 1.09. The van der Waals surface area contributed by atoms with Crippen LogP contribution in [0, 0.1) is 6.92 Å². The first-order valence-corrected chi connectivity index (χ1v) is 7.94. The third-order valence-corrected chi connectivity index (χ3v) is 3.89. The molecule has 2 rings (SSSR count). The SMILES string of the molecule is CCNC(=NCc1ccc(C)cc1)N1CCN(C(C)=O)CC1. The molecule has 1 aliphatic rings. The largest absolute Gasteiger partial charge is 0.357 e. The molecule has 0 atom stereocenters. The van der Waals surface area contributed by atoms with Gasteiger partial charge in [0.05, 0.1) is 6.54 Å². The first-order valence-electron chi connectivity index (χ1n) is 7.94. The molecular formula is C17H26N4O. The Morgan fingerprint density at radius 1 is 1.14 bits per heavy atom. The molecule has 22 heavy (non-hydrogen) atoms. The molecule has 0 spiro atoms. The number of guanidine groups is 1. The van der Waals surface area contributed by atoms with Crippen LogP contribution in [0.4, 0.5) is 0 Å². The second-order valence-corrected chi connectivity index (χ2v) is 5.65. The Morgan fingerprint density at radius 3 is 2.27 bits per heavy atom. The van der Waals surface area contributed by atoms with Crippen LogP contribution in [0.2, 0.25) is 0 Å². The standard InChI is InChI=1S/C17H26N4O/c1-4-18-17(19-13-16-7-5-14(2)6-8-16)21-11-9-20(10-12-21)15(3)22/h5-8H,4,9-13H2,1-3H3,(H,18,19). The van der Waals surface area contributed by atoms with Crippen molar-refractivity contribution in [3.05, 3.63) is 35.4 Å². The van der Waals surface area contributed by atoms with Crippen molar-refractivity contribution >= 4 is 11.9 Å². The summed E-state index contributed by atoms with van der Waals surface area (Å²) in [4.78, 5) is 20.3. The molecular weight excluding hydrogens is 276 g/mol. The summed E-state index contributed by atoms with van der Waals surface area (Å²) in [5.41, 5.74) is 2.48. The van der Waals surface area contributed by atoms with Crippen LogP contribution in [0.5, 0.6) is 0 Å². The highest BCUT2D eigenvalue weighted by atomic mass is 16.2. The molecule has 5 heteroatoms. The molecule has 1 aliphatic heterocycles. The van der Waals surface area contributed by atoms with Crippen molar-refractivity contribution in [1.29, 1.82) is 0 Å². The highest BCUT2D eigenvalue weighted by Crippen LogP contribution is 2.07. The molecule has 0 aromatic heterocycles. The zero-order valence-electron chi connectivity index (χ0n) is 13.8. The fourth-order valence-corrected chi connectivity index (χ4v) is 2.52. The van der Waals surface area contributed by atoms with Gasteiger partial charge in [0, 0.05) is 39.6 Å². The number of benzene rings is 1. The average Bonchev–Trinajstić information content (AvgIpc) is 2.53. The predicted molar refractivity (Wildman–Crippen MR) is 89.8 cm³/mol. The molecule has 1 aromatic rings. The Labute approximate surface area is 133 Å². The Morgan fingerprint density at radius 2 is 1.73 bits per heavy atom. The van der Waals surface area contributed by atoms with Crippen LogP contribution in [-0.2, 0) is 11.3 Å². The molecule has 1 saturated heterocycles. The van der Waals surface area contributed by atoms with E-state index in [0.717, 1.165) is 38.7 Å². The molecule has 0 aliphatic carbocycles. The number of nitrogens with one attached hydrogen (secondary N) is 1. The van der Waals surface area contributed by atoms with Crippen molar-refractivity contribution in [2.45, 2.75) is 27.3 Å². The number of piperazine rings is 1. The number of rotatable bonds is 3. The lowest BCUT2D eigenvalue weighted by atomic mass is 10.1. The minimum absolute atomic E-state index is 0.154. The van der Waals surface area contributed by atoms with E-state index >= 15 is 0 Å². The van der Waals surface area contributed by atoms with E-state index in [2.05, 4.69) is 48.3 Å². The Kier molecular flexibility index (Phi) is 5.81. The summed E-state index contributed by atoms with van der Waals surface area (Å²) in [6.45, 7) is 10.5. The number of aliphatic imine (C=N–C) groups is 1. The van der Waals surface area contributed by atoms with E-state index < -0.39 is 0 Å². The van der Waals surface area contributed by atoms with E-state index in [0.29, 0.717) is 6.54 Å². The van der Waals surface area contributed by atoms with Gasteiger partial charge in [-0.25, -0.2) is 4.99 Å². The van der Waals surface area contributed by atoms with Gasteiger partial charge in [0.15, 0.2) is 5.96 Å². The third kappa shape index (κ3) is 4.48. The number of amides is 1. The number of hydrogen-bond acceptors (Lipinski definition) is 2. The van der Waals surface area contributed by atoms with Gasteiger partial charge < -0.3 is 15.1 Å². The van der Waals surface area contributed by atoms with Crippen LogP contribution in [0.1, 0.15) is 25.0 Å². The lowest BCUT2D eigenvalue weighted by Gasteiger charge is -2.36. The minimum Gasteiger partial charge on any atom is -0.357 e. The molecule has 1 N–H and O–H groups in total. The predicted octanol–water partition coefficient (Wildman–Crippen LogP) is 1.62. The van der Waals surface area contributed by atoms with Crippen LogP contribution >= 0.6 is 0 Å². The minimum atomic E-state index is 0.154. The molecule has 0 saturated carbocycles. The van der Waals surface area contributed by atoms with Crippen molar-refractivity contribution in [3.8, 4) is 0 Å². The van der Waals surface area contributed by atoms with E-state index in [-0.39, 0.29) is 5.91 Å². The zero-order chi connectivity index (χ0) is 15.9. The zero-order valence-corrected chi connectivity index (χ0v) is 13.8. The summed E-state index contributed by atoms with van der Waals surface area (Å²) < 4.78 is 0.